The Kier molecular flexibility index (Phi) is 3.44. The van der Waals surface area contributed by atoms with Crippen molar-refractivity contribution < 1.29 is 12.9 Å². The molecule has 0 aromatic carbocycles. The normalized spacial score (nSPS) is 12.1. The van der Waals surface area contributed by atoms with Crippen LogP contribution in [0.3, 0.4) is 0 Å². The molecule has 0 amide bonds. The summed E-state index contributed by atoms with van der Waals surface area (Å²) in [5, 5.41) is 3.55. The van der Waals surface area contributed by atoms with Crippen LogP contribution >= 0.6 is 11.6 Å². The molecule has 0 fully saturated rings. The van der Waals surface area contributed by atoms with Gasteiger partial charge in [0.2, 0.25) is 0 Å². The van der Waals surface area contributed by atoms with E-state index in [4.69, 9.17) is 16.1 Å². The number of hydrogen-bond donors (Lipinski definition) is 1. The molecule has 0 unspecified atom stereocenters. The van der Waals surface area contributed by atoms with Crippen molar-refractivity contribution in [1.82, 2.24) is 19.3 Å². The maximum Gasteiger partial charge on any atom is 0.260 e. The first kappa shape index (κ1) is 14.1. The van der Waals surface area contributed by atoms with Gasteiger partial charge in [-0.15, -0.1) is 0 Å². The van der Waals surface area contributed by atoms with E-state index >= 15 is 0 Å². The SMILES string of the molecule is Cc1cc(CNS(=O)(=O)c2c(Cl)nc3ccccn23)no1. The van der Waals surface area contributed by atoms with E-state index in [0.717, 1.165) is 0 Å². The molecule has 0 saturated carbocycles. The molecule has 9 heteroatoms. The van der Waals surface area contributed by atoms with Crippen molar-refractivity contribution >= 4 is 27.3 Å². The Morgan fingerprint density at radius 1 is 1.43 bits per heavy atom. The number of pyridine rings is 1. The predicted octanol–water partition coefficient (Wildman–Crippen LogP) is 1.76. The molecule has 3 rings (SSSR count). The van der Waals surface area contributed by atoms with Gasteiger partial charge in [0.1, 0.15) is 11.4 Å². The van der Waals surface area contributed by atoms with E-state index < -0.39 is 10.0 Å². The second kappa shape index (κ2) is 5.14. The van der Waals surface area contributed by atoms with Crippen LogP contribution in [0.15, 0.2) is 40.0 Å². The summed E-state index contributed by atoms with van der Waals surface area (Å²) in [6, 6.07) is 6.77. The molecule has 0 aliphatic rings. The van der Waals surface area contributed by atoms with Gasteiger partial charge in [-0.2, -0.15) is 0 Å². The van der Waals surface area contributed by atoms with Gasteiger partial charge in [-0.1, -0.05) is 22.8 Å². The molecule has 3 aromatic heterocycles. The average Bonchev–Trinajstić information content (AvgIpc) is 2.99. The zero-order valence-electron chi connectivity index (χ0n) is 10.9. The Balaban J connectivity index is 1.95. The summed E-state index contributed by atoms with van der Waals surface area (Å²) >= 11 is 5.95. The van der Waals surface area contributed by atoms with Crippen molar-refractivity contribution in [3.05, 3.63) is 47.1 Å². The number of halogens is 1. The summed E-state index contributed by atoms with van der Waals surface area (Å²) in [6.45, 7) is 1.74. The van der Waals surface area contributed by atoms with Crippen molar-refractivity contribution in [3.63, 3.8) is 0 Å². The van der Waals surface area contributed by atoms with Gasteiger partial charge in [0.15, 0.2) is 10.2 Å². The molecule has 0 spiro atoms. The average molecular weight is 327 g/mol. The fourth-order valence-corrected chi connectivity index (χ4v) is 3.56. The largest absolute Gasteiger partial charge is 0.361 e. The molecule has 1 N–H and O–H groups in total. The first-order valence-corrected chi connectivity index (χ1v) is 7.88. The van der Waals surface area contributed by atoms with Crippen LogP contribution in [-0.4, -0.2) is 23.0 Å². The molecule has 110 valence electrons. The highest BCUT2D eigenvalue weighted by Gasteiger charge is 2.24. The summed E-state index contributed by atoms with van der Waals surface area (Å²) in [7, 11) is -3.83. The summed E-state index contributed by atoms with van der Waals surface area (Å²) in [6.07, 6.45) is 1.59. The third-order valence-electron chi connectivity index (χ3n) is 2.82. The fourth-order valence-electron chi connectivity index (χ4n) is 1.92. The maximum absolute atomic E-state index is 12.4. The number of hydrogen-bond acceptors (Lipinski definition) is 5. The molecule has 0 aliphatic carbocycles. The van der Waals surface area contributed by atoms with E-state index in [1.807, 2.05) is 0 Å². The molecule has 3 aromatic rings. The van der Waals surface area contributed by atoms with E-state index in [2.05, 4.69) is 14.9 Å². The summed E-state index contributed by atoms with van der Waals surface area (Å²) < 4.78 is 33.5. The Morgan fingerprint density at radius 3 is 2.95 bits per heavy atom. The molecule has 0 aliphatic heterocycles. The van der Waals surface area contributed by atoms with Crippen molar-refractivity contribution in [2.24, 2.45) is 0 Å². The van der Waals surface area contributed by atoms with Crippen LogP contribution in [-0.2, 0) is 16.6 Å². The fraction of sp³-hybridized carbons (Fsp3) is 0.167. The summed E-state index contributed by atoms with van der Waals surface area (Å²) in [5.74, 6) is 0.608. The van der Waals surface area contributed by atoms with Crippen molar-refractivity contribution in [2.45, 2.75) is 18.5 Å². The van der Waals surface area contributed by atoms with Crippen LogP contribution in [0.5, 0.6) is 0 Å². The Labute approximate surface area is 125 Å². The third-order valence-corrected chi connectivity index (χ3v) is 4.62. The first-order valence-electron chi connectivity index (χ1n) is 6.02. The minimum absolute atomic E-state index is 0.00999. The lowest BCUT2D eigenvalue weighted by Crippen LogP contribution is -2.25. The van der Waals surface area contributed by atoms with Gasteiger partial charge in [0, 0.05) is 12.3 Å². The Bertz CT molecular complexity index is 900. The second-order valence-electron chi connectivity index (χ2n) is 4.39. The minimum atomic E-state index is -3.83. The third kappa shape index (κ3) is 2.65. The summed E-state index contributed by atoms with van der Waals surface area (Å²) in [4.78, 5) is 4.01. The highest BCUT2D eigenvalue weighted by Crippen LogP contribution is 2.22. The quantitative estimate of drug-likeness (QED) is 0.789. The number of sulfonamides is 1. The van der Waals surface area contributed by atoms with E-state index in [0.29, 0.717) is 17.1 Å². The number of aryl methyl sites for hydroxylation is 1. The van der Waals surface area contributed by atoms with Gasteiger partial charge >= 0.3 is 0 Å². The van der Waals surface area contributed by atoms with Crippen molar-refractivity contribution in [2.75, 3.05) is 0 Å². The number of nitrogens with one attached hydrogen (secondary N) is 1. The number of aromatic nitrogens is 3. The number of imidazole rings is 1. The van der Waals surface area contributed by atoms with Gasteiger partial charge in [-0.3, -0.25) is 4.40 Å². The molecular formula is C12H11ClN4O3S. The van der Waals surface area contributed by atoms with Crippen LogP contribution in [0.2, 0.25) is 5.15 Å². The summed E-state index contributed by atoms with van der Waals surface area (Å²) in [5.41, 5.74) is 0.946. The zero-order chi connectivity index (χ0) is 15.0. The highest BCUT2D eigenvalue weighted by molar-refractivity contribution is 7.89. The second-order valence-corrected chi connectivity index (χ2v) is 6.43. The highest BCUT2D eigenvalue weighted by atomic mass is 35.5. The molecule has 21 heavy (non-hydrogen) atoms. The topological polar surface area (TPSA) is 89.5 Å². The lowest BCUT2D eigenvalue weighted by Gasteiger charge is -2.05. The maximum atomic E-state index is 12.4. The lowest BCUT2D eigenvalue weighted by atomic mass is 10.4. The minimum Gasteiger partial charge on any atom is -0.361 e. The van der Waals surface area contributed by atoms with Crippen LogP contribution in [0.1, 0.15) is 11.5 Å². The molecule has 3 heterocycles. The number of rotatable bonds is 4. The van der Waals surface area contributed by atoms with E-state index in [-0.39, 0.29) is 16.7 Å². The van der Waals surface area contributed by atoms with Gasteiger partial charge in [-0.25, -0.2) is 18.1 Å². The van der Waals surface area contributed by atoms with Gasteiger partial charge < -0.3 is 4.52 Å². The molecule has 7 nitrogen and oxygen atoms in total. The van der Waals surface area contributed by atoms with Crippen LogP contribution in [0.4, 0.5) is 0 Å². The van der Waals surface area contributed by atoms with Crippen LogP contribution in [0, 0.1) is 6.92 Å². The smallest absolute Gasteiger partial charge is 0.260 e. The number of nitrogens with zero attached hydrogens (tertiary/aromatic N) is 3. The monoisotopic (exact) mass is 326 g/mol. The molecule has 0 radical (unpaired) electrons. The number of fused-ring (bicyclic) bond motifs is 1. The predicted molar refractivity (Wildman–Crippen MR) is 75.5 cm³/mol. The van der Waals surface area contributed by atoms with Gasteiger partial charge in [-0.05, 0) is 19.1 Å². The van der Waals surface area contributed by atoms with Crippen molar-refractivity contribution in [1.29, 1.82) is 0 Å². The van der Waals surface area contributed by atoms with E-state index in [1.54, 1.807) is 37.4 Å². The standard InChI is InChI=1S/C12H11ClN4O3S/c1-8-6-9(16-20-8)7-14-21(18,19)12-11(13)15-10-4-2-3-5-17(10)12/h2-6,14H,7H2,1H3. The Morgan fingerprint density at radius 2 is 2.24 bits per heavy atom. The van der Waals surface area contributed by atoms with Gasteiger partial charge in [0.25, 0.3) is 10.0 Å². The Hall–Kier alpha value is -1.90. The first-order chi connectivity index (χ1) is 9.97. The molecule has 0 saturated heterocycles. The molecule has 0 atom stereocenters. The zero-order valence-corrected chi connectivity index (χ0v) is 12.5. The van der Waals surface area contributed by atoms with Crippen LogP contribution in [0.25, 0.3) is 5.65 Å². The lowest BCUT2D eigenvalue weighted by molar-refractivity contribution is 0.390. The molecule has 0 bridgehead atoms. The molecular weight excluding hydrogens is 316 g/mol. The van der Waals surface area contributed by atoms with E-state index in [9.17, 15) is 8.42 Å². The van der Waals surface area contributed by atoms with Gasteiger partial charge in [0.05, 0.1) is 12.2 Å². The van der Waals surface area contributed by atoms with Crippen LogP contribution < -0.4 is 4.72 Å². The van der Waals surface area contributed by atoms with Crippen molar-refractivity contribution in [3.8, 4) is 0 Å². The van der Waals surface area contributed by atoms with E-state index in [1.165, 1.54) is 4.40 Å².